The van der Waals surface area contributed by atoms with Gasteiger partial charge in [-0.3, -0.25) is 9.59 Å². The molecule has 0 aliphatic carbocycles. The summed E-state index contributed by atoms with van der Waals surface area (Å²) >= 11 is 0. The number of benzene rings is 3. The van der Waals surface area contributed by atoms with Crippen molar-refractivity contribution < 1.29 is 24.2 Å². The predicted octanol–water partition coefficient (Wildman–Crippen LogP) is 4.79. The van der Waals surface area contributed by atoms with Crippen LogP contribution in [0.3, 0.4) is 0 Å². The number of aliphatic imine (C=N–C) groups is 1. The van der Waals surface area contributed by atoms with E-state index in [1.54, 1.807) is 61.6 Å². The summed E-state index contributed by atoms with van der Waals surface area (Å²) in [6, 6.07) is 18.0. The molecule has 4 rings (SSSR count). The zero-order chi connectivity index (χ0) is 24.4. The maximum atomic E-state index is 13.7. The Bertz CT molecular complexity index is 1410. The monoisotopic (exact) mass is 459 g/mol. The number of nitrogens with zero attached hydrogens (tertiary/aromatic N) is 2. The number of aromatic amines is 1. The number of hydrogen-bond donors (Lipinski definition) is 3. The SMILES string of the molecule is CC(=O)N(C)c1ccc(N=C(c2ccc(CC(=O)O)cc2)c2c(O)[nH]c3cc(F)ccc23)cc1. The van der Waals surface area contributed by atoms with Crippen LogP contribution in [0.1, 0.15) is 23.6 Å². The molecule has 3 aromatic carbocycles. The molecule has 1 heterocycles. The molecule has 0 bridgehead atoms. The van der Waals surface area contributed by atoms with E-state index in [0.29, 0.717) is 44.7 Å². The largest absolute Gasteiger partial charge is 0.494 e. The molecular formula is C26H22FN3O4. The van der Waals surface area contributed by atoms with Crippen LogP contribution >= 0.6 is 0 Å². The molecule has 0 atom stereocenters. The van der Waals surface area contributed by atoms with Gasteiger partial charge >= 0.3 is 5.97 Å². The number of aliphatic carboxylic acids is 1. The summed E-state index contributed by atoms with van der Waals surface area (Å²) in [6.07, 6.45) is -0.116. The van der Waals surface area contributed by atoms with Gasteiger partial charge in [-0.15, -0.1) is 0 Å². The Balaban J connectivity index is 1.85. The fraction of sp³-hybridized carbons (Fsp3) is 0.115. The van der Waals surface area contributed by atoms with Crippen LogP contribution in [0.25, 0.3) is 10.9 Å². The first-order valence-electron chi connectivity index (χ1n) is 10.5. The lowest BCUT2D eigenvalue weighted by atomic mass is 9.99. The van der Waals surface area contributed by atoms with Crippen molar-refractivity contribution in [2.75, 3.05) is 11.9 Å². The summed E-state index contributed by atoms with van der Waals surface area (Å²) in [6.45, 7) is 1.47. The number of H-pyrrole nitrogens is 1. The molecule has 1 aromatic heterocycles. The molecule has 0 aliphatic heterocycles. The first-order valence-corrected chi connectivity index (χ1v) is 10.5. The zero-order valence-electron chi connectivity index (χ0n) is 18.5. The number of nitrogens with one attached hydrogen (secondary N) is 1. The Morgan fingerprint density at radius 1 is 1.03 bits per heavy atom. The molecule has 7 nitrogen and oxygen atoms in total. The quantitative estimate of drug-likeness (QED) is 0.361. The van der Waals surface area contributed by atoms with Crippen molar-refractivity contribution in [2.24, 2.45) is 4.99 Å². The van der Waals surface area contributed by atoms with Gasteiger partial charge in [0.15, 0.2) is 5.88 Å². The number of halogens is 1. The Kier molecular flexibility index (Phi) is 6.14. The highest BCUT2D eigenvalue weighted by molar-refractivity contribution is 6.21. The third-order valence-electron chi connectivity index (χ3n) is 5.51. The first kappa shape index (κ1) is 22.7. The van der Waals surface area contributed by atoms with E-state index in [0.717, 1.165) is 0 Å². The summed E-state index contributed by atoms with van der Waals surface area (Å²) < 4.78 is 13.7. The standard InChI is InChI=1S/C26H22FN3O4/c1-15(31)30(2)20-10-8-19(9-11-20)28-25(17-5-3-16(4-6-17)13-23(32)33)24-21-12-7-18(27)14-22(21)29-26(24)34/h3-12,14,29,34H,13H2,1-2H3,(H,32,33). The number of aromatic hydroxyl groups is 1. The molecule has 0 saturated heterocycles. The summed E-state index contributed by atoms with van der Waals surface area (Å²) in [4.78, 5) is 31.7. The van der Waals surface area contributed by atoms with Gasteiger partial charge in [-0.25, -0.2) is 9.38 Å². The molecule has 0 fully saturated rings. The van der Waals surface area contributed by atoms with Crippen molar-refractivity contribution in [1.29, 1.82) is 0 Å². The molecule has 0 unspecified atom stereocenters. The van der Waals surface area contributed by atoms with Crippen LogP contribution in [-0.2, 0) is 16.0 Å². The molecular weight excluding hydrogens is 437 g/mol. The number of rotatable bonds is 6. The zero-order valence-corrected chi connectivity index (χ0v) is 18.5. The van der Waals surface area contributed by atoms with Gasteiger partial charge < -0.3 is 20.1 Å². The molecule has 0 spiro atoms. The van der Waals surface area contributed by atoms with E-state index in [1.165, 1.54) is 24.0 Å². The highest BCUT2D eigenvalue weighted by Crippen LogP contribution is 2.32. The Labute approximate surface area is 194 Å². The van der Waals surface area contributed by atoms with Gasteiger partial charge in [0.1, 0.15) is 5.82 Å². The lowest BCUT2D eigenvalue weighted by Gasteiger charge is -2.15. The van der Waals surface area contributed by atoms with Crippen molar-refractivity contribution in [3.05, 3.63) is 89.2 Å². The highest BCUT2D eigenvalue weighted by Gasteiger charge is 2.19. The molecule has 0 aliphatic rings. The summed E-state index contributed by atoms with van der Waals surface area (Å²) in [5.74, 6) is -1.65. The summed E-state index contributed by atoms with van der Waals surface area (Å²) in [5, 5.41) is 20.3. The summed E-state index contributed by atoms with van der Waals surface area (Å²) in [5.41, 5.74) is 3.77. The van der Waals surface area contributed by atoms with Crippen LogP contribution in [-0.4, -0.2) is 39.8 Å². The second kappa shape index (κ2) is 9.19. The molecule has 34 heavy (non-hydrogen) atoms. The number of carbonyl (C=O) groups is 2. The summed E-state index contributed by atoms with van der Waals surface area (Å²) in [7, 11) is 1.67. The topological polar surface area (TPSA) is 106 Å². The lowest BCUT2D eigenvalue weighted by Crippen LogP contribution is -2.22. The second-order valence-electron chi connectivity index (χ2n) is 7.86. The second-order valence-corrected chi connectivity index (χ2v) is 7.86. The molecule has 0 radical (unpaired) electrons. The molecule has 1 amide bonds. The number of fused-ring (bicyclic) bond motifs is 1. The average molecular weight is 459 g/mol. The van der Waals surface area contributed by atoms with Crippen molar-refractivity contribution >= 4 is 39.9 Å². The van der Waals surface area contributed by atoms with Crippen molar-refractivity contribution in [2.45, 2.75) is 13.3 Å². The van der Waals surface area contributed by atoms with Crippen LogP contribution < -0.4 is 4.90 Å². The van der Waals surface area contributed by atoms with Crippen molar-refractivity contribution in [3.8, 4) is 5.88 Å². The molecule has 3 N–H and O–H groups in total. The van der Waals surface area contributed by atoms with Gasteiger partial charge in [-0.1, -0.05) is 24.3 Å². The third kappa shape index (κ3) is 4.66. The van der Waals surface area contributed by atoms with Gasteiger partial charge in [0.2, 0.25) is 5.91 Å². The van der Waals surface area contributed by atoms with Crippen LogP contribution in [0.2, 0.25) is 0 Å². The predicted molar refractivity (Wildman–Crippen MR) is 129 cm³/mol. The van der Waals surface area contributed by atoms with Gasteiger partial charge in [0.05, 0.1) is 28.9 Å². The van der Waals surface area contributed by atoms with Crippen molar-refractivity contribution in [3.63, 3.8) is 0 Å². The minimum atomic E-state index is -0.937. The number of anilines is 1. The fourth-order valence-corrected chi connectivity index (χ4v) is 3.68. The normalized spacial score (nSPS) is 11.6. The third-order valence-corrected chi connectivity index (χ3v) is 5.51. The Hall–Kier alpha value is -4.46. The van der Waals surface area contributed by atoms with Crippen LogP contribution in [0.15, 0.2) is 71.7 Å². The fourth-order valence-electron chi connectivity index (χ4n) is 3.68. The van der Waals surface area contributed by atoms with Gasteiger partial charge in [0, 0.05) is 30.6 Å². The van der Waals surface area contributed by atoms with E-state index in [2.05, 4.69) is 4.98 Å². The number of carboxylic acid groups (broad SMARTS) is 1. The van der Waals surface area contributed by atoms with E-state index >= 15 is 0 Å². The van der Waals surface area contributed by atoms with Crippen molar-refractivity contribution in [1.82, 2.24) is 4.98 Å². The molecule has 0 saturated carbocycles. The van der Waals surface area contributed by atoms with E-state index in [4.69, 9.17) is 10.1 Å². The van der Waals surface area contributed by atoms with Crippen LogP contribution in [0.5, 0.6) is 5.88 Å². The molecule has 8 heteroatoms. The maximum Gasteiger partial charge on any atom is 0.307 e. The average Bonchev–Trinajstić information content (AvgIpc) is 3.12. The van der Waals surface area contributed by atoms with E-state index in [9.17, 15) is 19.1 Å². The minimum absolute atomic E-state index is 0.102. The maximum absolute atomic E-state index is 13.7. The Morgan fingerprint density at radius 3 is 2.32 bits per heavy atom. The highest BCUT2D eigenvalue weighted by atomic mass is 19.1. The molecule has 172 valence electrons. The number of hydrogen-bond acceptors (Lipinski definition) is 4. The van der Waals surface area contributed by atoms with Crippen LogP contribution in [0, 0.1) is 5.82 Å². The van der Waals surface area contributed by atoms with Gasteiger partial charge in [-0.05, 0) is 48.0 Å². The van der Waals surface area contributed by atoms with Crippen LogP contribution in [0.4, 0.5) is 15.8 Å². The number of amides is 1. The first-order chi connectivity index (χ1) is 16.2. The Morgan fingerprint density at radius 2 is 1.71 bits per heavy atom. The van der Waals surface area contributed by atoms with E-state index < -0.39 is 11.8 Å². The van der Waals surface area contributed by atoms with Gasteiger partial charge in [-0.2, -0.15) is 0 Å². The smallest absolute Gasteiger partial charge is 0.307 e. The van der Waals surface area contributed by atoms with E-state index in [-0.39, 0.29) is 18.2 Å². The molecule has 4 aromatic rings. The van der Waals surface area contributed by atoms with E-state index in [1.807, 2.05) is 0 Å². The minimum Gasteiger partial charge on any atom is -0.494 e. The lowest BCUT2D eigenvalue weighted by molar-refractivity contribution is -0.136. The number of carboxylic acids is 1. The number of carbonyl (C=O) groups excluding carboxylic acids is 1. The number of aromatic nitrogens is 1. The van der Waals surface area contributed by atoms with Gasteiger partial charge in [0.25, 0.3) is 0 Å².